The number of rotatable bonds is 5. The first-order chi connectivity index (χ1) is 8.96. The van der Waals surface area contributed by atoms with Crippen LogP contribution in [0.1, 0.15) is 26.3 Å². The van der Waals surface area contributed by atoms with Crippen molar-refractivity contribution in [2.45, 2.75) is 26.2 Å². The molecule has 1 aromatic carbocycles. The molecule has 0 heterocycles. The van der Waals surface area contributed by atoms with Gasteiger partial charge in [-0.1, -0.05) is 12.1 Å². The second-order valence-electron chi connectivity index (χ2n) is 4.07. The first-order valence-electron chi connectivity index (χ1n) is 6.07. The van der Waals surface area contributed by atoms with E-state index in [0.29, 0.717) is 5.56 Å². The average molecular weight is 268 g/mol. The zero-order chi connectivity index (χ0) is 14.5. The van der Waals surface area contributed by atoms with Gasteiger partial charge < -0.3 is 9.47 Å². The zero-order valence-corrected chi connectivity index (χ0v) is 11.2. The lowest BCUT2D eigenvalue weighted by Gasteiger charge is -2.25. The largest absolute Gasteiger partial charge is 0.465 e. The summed E-state index contributed by atoms with van der Waals surface area (Å²) in [5.41, 5.74) is -1.24. The van der Waals surface area contributed by atoms with E-state index < -0.39 is 23.2 Å². The van der Waals surface area contributed by atoms with Gasteiger partial charge in [-0.05, 0) is 38.5 Å². The summed E-state index contributed by atoms with van der Waals surface area (Å²) in [6, 6.07) is 5.13. The molecule has 0 spiro atoms. The fraction of sp³-hybridized carbons (Fsp3) is 0.429. The molecule has 0 unspecified atom stereocenters. The van der Waals surface area contributed by atoms with E-state index in [1.807, 2.05) is 0 Å². The highest BCUT2D eigenvalue weighted by Crippen LogP contribution is 2.27. The summed E-state index contributed by atoms with van der Waals surface area (Å²) < 4.78 is 22.8. The van der Waals surface area contributed by atoms with Crippen LogP contribution >= 0.6 is 0 Å². The summed E-state index contributed by atoms with van der Waals surface area (Å²) in [6.07, 6.45) is 0. The molecule has 104 valence electrons. The van der Waals surface area contributed by atoms with Crippen LogP contribution in [0.3, 0.4) is 0 Å². The van der Waals surface area contributed by atoms with E-state index in [-0.39, 0.29) is 13.2 Å². The van der Waals surface area contributed by atoms with Crippen LogP contribution in [0.25, 0.3) is 0 Å². The molecule has 0 atom stereocenters. The van der Waals surface area contributed by atoms with Gasteiger partial charge in [0.25, 0.3) is 0 Å². The molecule has 0 bridgehead atoms. The van der Waals surface area contributed by atoms with Crippen molar-refractivity contribution in [3.8, 4) is 0 Å². The molecule has 0 amide bonds. The lowest BCUT2D eigenvalue weighted by molar-refractivity contribution is -0.163. The van der Waals surface area contributed by atoms with E-state index in [4.69, 9.17) is 9.47 Å². The fourth-order valence-electron chi connectivity index (χ4n) is 1.65. The number of carbonyl (C=O) groups excluding carboxylic acids is 2. The summed E-state index contributed by atoms with van der Waals surface area (Å²) in [5.74, 6) is -1.86. The van der Waals surface area contributed by atoms with Crippen molar-refractivity contribution in [2.24, 2.45) is 0 Å². The smallest absolute Gasteiger partial charge is 0.327 e. The Balaban J connectivity index is 3.21. The van der Waals surface area contributed by atoms with Crippen molar-refractivity contribution >= 4 is 11.9 Å². The Morgan fingerprint density at radius 3 is 1.84 bits per heavy atom. The molecule has 19 heavy (non-hydrogen) atoms. The van der Waals surface area contributed by atoms with Crippen molar-refractivity contribution in [1.29, 1.82) is 0 Å². The molecule has 0 N–H and O–H groups in total. The van der Waals surface area contributed by atoms with Gasteiger partial charge in [-0.3, -0.25) is 9.59 Å². The Morgan fingerprint density at radius 2 is 1.47 bits per heavy atom. The number of carbonyl (C=O) groups is 2. The molecule has 0 fully saturated rings. The number of hydrogen-bond acceptors (Lipinski definition) is 4. The van der Waals surface area contributed by atoms with Crippen LogP contribution in [0.5, 0.6) is 0 Å². The second-order valence-corrected chi connectivity index (χ2v) is 4.07. The Bertz CT molecular complexity index is 435. The van der Waals surface area contributed by atoms with Crippen molar-refractivity contribution < 1.29 is 23.5 Å². The molecular weight excluding hydrogens is 251 g/mol. The normalized spacial score (nSPS) is 10.9. The van der Waals surface area contributed by atoms with Gasteiger partial charge in [0.05, 0.1) is 13.2 Å². The number of hydrogen-bond donors (Lipinski definition) is 0. The molecule has 1 rings (SSSR count). The number of halogens is 1. The standard InChI is InChI=1S/C14H17FO4/c1-4-18-12(16)14(3,13(17)19-5-2)10-6-8-11(15)9-7-10/h6-9H,4-5H2,1-3H3. The SMILES string of the molecule is CCOC(=O)C(C)(C(=O)OCC)c1ccc(F)cc1. The highest BCUT2D eigenvalue weighted by molar-refractivity contribution is 6.05. The van der Waals surface area contributed by atoms with Crippen LogP contribution in [0.15, 0.2) is 24.3 Å². The van der Waals surface area contributed by atoms with E-state index in [1.165, 1.54) is 31.2 Å². The predicted octanol–water partition coefficient (Wildman–Crippen LogP) is 2.21. The van der Waals surface area contributed by atoms with Gasteiger partial charge >= 0.3 is 11.9 Å². The molecule has 0 radical (unpaired) electrons. The number of esters is 2. The Morgan fingerprint density at radius 1 is 1.05 bits per heavy atom. The first kappa shape index (κ1) is 15.1. The van der Waals surface area contributed by atoms with Crippen LogP contribution in [0.4, 0.5) is 4.39 Å². The molecule has 0 saturated carbocycles. The van der Waals surface area contributed by atoms with Crippen molar-refractivity contribution in [3.63, 3.8) is 0 Å². The third-order valence-electron chi connectivity index (χ3n) is 2.79. The summed E-state index contributed by atoms with van der Waals surface area (Å²) in [6.45, 7) is 5.00. The first-order valence-corrected chi connectivity index (χ1v) is 6.07. The maximum atomic E-state index is 12.9. The summed E-state index contributed by atoms with van der Waals surface area (Å²) in [7, 11) is 0. The molecule has 1 aromatic rings. The molecule has 0 saturated heterocycles. The topological polar surface area (TPSA) is 52.6 Å². The Labute approximate surface area is 111 Å². The van der Waals surface area contributed by atoms with Crippen LogP contribution in [0.2, 0.25) is 0 Å². The molecule has 0 aliphatic rings. The van der Waals surface area contributed by atoms with Gasteiger partial charge in [-0.15, -0.1) is 0 Å². The number of ether oxygens (including phenoxy) is 2. The number of benzene rings is 1. The highest BCUT2D eigenvalue weighted by atomic mass is 19.1. The molecular formula is C14H17FO4. The molecule has 4 nitrogen and oxygen atoms in total. The van der Waals surface area contributed by atoms with E-state index in [1.54, 1.807) is 13.8 Å². The van der Waals surface area contributed by atoms with Gasteiger partial charge in [0.1, 0.15) is 5.82 Å². The van der Waals surface area contributed by atoms with Gasteiger partial charge in [-0.2, -0.15) is 0 Å². The molecule has 5 heteroatoms. The highest BCUT2D eigenvalue weighted by Gasteiger charge is 2.46. The molecule has 0 aliphatic heterocycles. The summed E-state index contributed by atoms with van der Waals surface area (Å²) >= 11 is 0. The van der Waals surface area contributed by atoms with Gasteiger partial charge in [0.15, 0.2) is 5.41 Å². The van der Waals surface area contributed by atoms with Crippen molar-refractivity contribution in [3.05, 3.63) is 35.6 Å². The minimum atomic E-state index is -1.58. The van der Waals surface area contributed by atoms with Crippen molar-refractivity contribution in [2.75, 3.05) is 13.2 Å². The van der Waals surface area contributed by atoms with E-state index in [9.17, 15) is 14.0 Å². The third kappa shape index (κ3) is 3.10. The van der Waals surface area contributed by atoms with E-state index in [2.05, 4.69) is 0 Å². The minimum absolute atomic E-state index is 0.148. The van der Waals surface area contributed by atoms with Gasteiger partial charge in [0.2, 0.25) is 0 Å². The van der Waals surface area contributed by atoms with Crippen LogP contribution < -0.4 is 0 Å². The second kappa shape index (κ2) is 6.31. The summed E-state index contributed by atoms with van der Waals surface area (Å²) in [4.78, 5) is 24.1. The molecule has 0 aromatic heterocycles. The van der Waals surface area contributed by atoms with Crippen LogP contribution in [0, 0.1) is 5.82 Å². The molecule has 0 aliphatic carbocycles. The van der Waals surface area contributed by atoms with Gasteiger partial charge in [0, 0.05) is 0 Å². The van der Waals surface area contributed by atoms with Gasteiger partial charge in [-0.25, -0.2) is 4.39 Å². The zero-order valence-electron chi connectivity index (χ0n) is 11.2. The Hall–Kier alpha value is -1.91. The average Bonchev–Trinajstić information content (AvgIpc) is 2.39. The lowest BCUT2D eigenvalue weighted by atomic mass is 9.82. The van der Waals surface area contributed by atoms with Crippen molar-refractivity contribution in [1.82, 2.24) is 0 Å². The van der Waals surface area contributed by atoms with E-state index in [0.717, 1.165) is 0 Å². The summed E-state index contributed by atoms with van der Waals surface area (Å²) in [5, 5.41) is 0. The van der Waals surface area contributed by atoms with Crippen LogP contribution in [-0.2, 0) is 24.5 Å². The lowest BCUT2D eigenvalue weighted by Crippen LogP contribution is -2.43. The monoisotopic (exact) mass is 268 g/mol. The minimum Gasteiger partial charge on any atom is -0.465 e. The predicted molar refractivity (Wildman–Crippen MR) is 67.0 cm³/mol. The Kier molecular flexibility index (Phi) is 5.03. The fourth-order valence-corrected chi connectivity index (χ4v) is 1.65. The third-order valence-corrected chi connectivity index (χ3v) is 2.79. The maximum absolute atomic E-state index is 12.9. The maximum Gasteiger partial charge on any atom is 0.327 e. The quantitative estimate of drug-likeness (QED) is 0.607. The van der Waals surface area contributed by atoms with E-state index >= 15 is 0 Å². The van der Waals surface area contributed by atoms with Crippen LogP contribution in [-0.4, -0.2) is 25.2 Å².